The molecule has 1 heterocycles. The summed E-state index contributed by atoms with van der Waals surface area (Å²) in [5.74, 6) is 0.145. The van der Waals surface area contributed by atoms with Crippen LogP contribution in [0.15, 0.2) is 24.3 Å². The van der Waals surface area contributed by atoms with Crippen molar-refractivity contribution in [1.82, 2.24) is 4.90 Å². The number of ether oxygens (including phenoxy) is 1. The third-order valence-corrected chi connectivity index (χ3v) is 4.00. The zero-order valence-corrected chi connectivity index (χ0v) is 13.2. The lowest BCUT2D eigenvalue weighted by Gasteiger charge is -2.18. The second-order valence-electron chi connectivity index (χ2n) is 5.49. The van der Waals surface area contributed by atoms with Crippen molar-refractivity contribution in [1.29, 1.82) is 0 Å². The maximum absolute atomic E-state index is 12.1. The van der Waals surface area contributed by atoms with Crippen molar-refractivity contribution < 1.29 is 9.53 Å². The second kappa shape index (κ2) is 7.52. The van der Waals surface area contributed by atoms with Gasteiger partial charge in [-0.05, 0) is 30.9 Å². The number of amides is 1. The first-order valence-corrected chi connectivity index (χ1v) is 7.71. The van der Waals surface area contributed by atoms with Gasteiger partial charge in [-0.1, -0.05) is 30.4 Å². The largest absolute Gasteiger partial charge is 0.389 e. The molecule has 1 atom stereocenters. The van der Waals surface area contributed by atoms with Gasteiger partial charge in [-0.2, -0.15) is 0 Å². The minimum Gasteiger partial charge on any atom is -0.389 e. The van der Waals surface area contributed by atoms with E-state index in [0.717, 1.165) is 37.0 Å². The lowest BCUT2D eigenvalue weighted by atomic mass is 10.1. The summed E-state index contributed by atoms with van der Waals surface area (Å²) >= 11 is 4.97. The van der Waals surface area contributed by atoms with Crippen molar-refractivity contribution in [3.63, 3.8) is 0 Å². The first-order chi connectivity index (χ1) is 10.1. The highest BCUT2D eigenvalue weighted by Crippen LogP contribution is 2.17. The van der Waals surface area contributed by atoms with Crippen molar-refractivity contribution in [2.45, 2.75) is 38.3 Å². The third kappa shape index (κ3) is 4.79. The van der Waals surface area contributed by atoms with Gasteiger partial charge in [-0.25, -0.2) is 0 Å². The highest BCUT2D eigenvalue weighted by atomic mass is 32.1. The molecule has 1 amide bonds. The molecule has 1 aliphatic rings. The lowest BCUT2D eigenvalue weighted by molar-refractivity contribution is -0.131. The molecule has 1 aromatic carbocycles. The molecule has 1 saturated heterocycles. The maximum atomic E-state index is 12.1. The monoisotopic (exact) mass is 306 g/mol. The summed E-state index contributed by atoms with van der Waals surface area (Å²) in [6, 6.07) is 7.71. The number of thiocarbonyl (C=S) groups is 1. The van der Waals surface area contributed by atoms with Gasteiger partial charge in [-0.3, -0.25) is 4.79 Å². The predicted octanol–water partition coefficient (Wildman–Crippen LogP) is 2.24. The van der Waals surface area contributed by atoms with Gasteiger partial charge in [-0.15, -0.1) is 0 Å². The average Bonchev–Trinajstić information content (AvgIpc) is 2.98. The molecule has 114 valence electrons. The minimum absolute atomic E-state index is 0.145. The molecular weight excluding hydrogens is 284 g/mol. The molecule has 1 unspecified atom stereocenters. The van der Waals surface area contributed by atoms with E-state index in [1.54, 1.807) is 4.90 Å². The van der Waals surface area contributed by atoms with Crippen molar-refractivity contribution in [2.24, 2.45) is 5.73 Å². The van der Waals surface area contributed by atoms with Gasteiger partial charge < -0.3 is 15.4 Å². The van der Waals surface area contributed by atoms with E-state index in [4.69, 9.17) is 22.7 Å². The summed E-state index contributed by atoms with van der Waals surface area (Å²) < 4.78 is 5.54. The van der Waals surface area contributed by atoms with E-state index in [0.29, 0.717) is 18.0 Å². The number of nitrogens with zero attached hydrogens (tertiary/aromatic N) is 1. The Balaban J connectivity index is 1.84. The number of carbonyl (C=O) groups excluding carboxylic acids is 1. The predicted molar refractivity (Wildman–Crippen MR) is 87.0 cm³/mol. The number of carbonyl (C=O) groups is 1. The fourth-order valence-corrected chi connectivity index (χ4v) is 2.66. The fourth-order valence-electron chi connectivity index (χ4n) is 2.53. The van der Waals surface area contributed by atoms with Gasteiger partial charge in [0.05, 0.1) is 6.10 Å². The summed E-state index contributed by atoms with van der Waals surface area (Å²) in [5.41, 5.74) is 7.50. The van der Waals surface area contributed by atoms with E-state index >= 15 is 0 Å². The SMILES string of the molecule is CN(Cc1cccc(C(N)=S)c1)C(=O)CCC1CCCO1. The molecule has 0 spiro atoms. The Morgan fingerprint density at radius 1 is 1.52 bits per heavy atom. The zero-order chi connectivity index (χ0) is 15.2. The zero-order valence-electron chi connectivity index (χ0n) is 12.4. The molecule has 0 aliphatic carbocycles. The van der Waals surface area contributed by atoms with Crippen LogP contribution in [-0.4, -0.2) is 35.6 Å². The number of hydrogen-bond donors (Lipinski definition) is 1. The first kappa shape index (κ1) is 15.9. The average molecular weight is 306 g/mol. The van der Waals surface area contributed by atoms with Crippen LogP contribution in [0.2, 0.25) is 0 Å². The minimum atomic E-state index is 0.145. The van der Waals surface area contributed by atoms with Crippen LogP contribution < -0.4 is 5.73 Å². The van der Waals surface area contributed by atoms with E-state index in [1.165, 1.54) is 0 Å². The highest BCUT2D eigenvalue weighted by molar-refractivity contribution is 7.80. The molecule has 1 aromatic rings. The Kier molecular flexibility index (Phi) is 5.70. The molecule has 0 bridgehead atoms. The summed E-state index contributed by atoms with van der Waals surface area (Å²) in [6.45, 7) is 1.40. The first-order valence-electron chi connectivity index (χ1n) is 7.30. The van der Waals surface area contributed by atoms with E-state index in [9.17, 15) is 4.79 Å². The molecule has 0 radical (unpaired) electrons. The fraction of sp³-hybridized carbons (Fsp3) is 0.500. The Morgan fingerprint density at radius 3 is 3.00 bits per heavy atom. The van der Waals surface area contributed by atoms with Crippen LogP contribution in [0.3, 0.4) is 0 Å². The van der Waals surface area contributed by atoms with Crippen molar-refractivity contribution >= 4 is 23.1 Å². The van der Waals surface area contributed by atoms with E-state index < -0.39 is 0 Å². The van der Waals surface area contributed by atoms with Crippen molar-refractivity contribution in [3.8, 4) is 0 Å². The van der Waals surface area contributed by atoms with Crippen LogP contribution in [0.5, 0.6) is 0 Å². The smallest absolute Gasteiger partial charge is 0.222 e. The van der Waals surface area contributed by atoms with Crippen LogP contribution >= 0.6 is 12.2 Å². The molecule has 2 rings (SSSR count). The number of nitrogens with two attached hydrogens (primary N) is 1. The van der Waals surface area contributed by atoms with Gasteiger partial charge in [0.25, 0.3) is 0 Å². The normalized spacial score (nSPS) is 17.7. The molecule has 0 aromatic heterocycles. The third-order valence-electron chi connectivity index (χ3n) is 3.76. The molecule has 1 fully saturated rings. The standard InChI is InChI=1S/C16H22N2O2S/c1-18(15(19)8-7-14-6-3-9-20-14)11-12-4-2-5-13(10-12)16(17)21/h2,4-5,10,14H,3,6-9,11H2,1H3,(H2,17,21). The summed E-state index contributed by atoms with van der Waals surface area (Å²) in [6.07, 6.45) is 3.81. The number of hydrogen-bond acceptors (Lipinski definition) is 3. The Hall–Kier alpha value is -1.46. The summed E-state index contributed by atoms with van der Waals surface area (Å²) in [5, 5.41) is 0. The second-order valence-corrected chi connectivity index (χ2v) is 5.93. The van der Waals surface area contributed by atoms with E-state index in [2.05, 4.69) is 0 Å². The van der Waals surface area contributed by atoms with Gasteiger partial charge in [0.1, 0.15) is 4.99 Å². The molecule has 2 N–H and O–H groups in total. The van der Waals surface area contributed by atoms with Crippen LogP contribution in [-0.2, 0) is 16.1 Å². The van der Waals surface area contributed by atoms with E-state index in [1.807, 2.05) is 31.3 Å². The molecule has 21 heavy (non-hydrogen) atoms. The summed E-state index contributed by atoms with van der Waals surface area (Å²) in [7, 11) is 1.82. The summed E-state index contributed by atoms with van der Waals surface area (Å²) in [4.78, 5) is 14.3. The van der Waals surface area contributed by atoms with Gasteiger partial charge in [0, 0.05) is 32.2 Å². The Morgan fingerprint density at radius 2 is 2.33 bits per heavy atom. The topological polar surface area (TPSA) is 55.6 Å². The molecule has 5 heteroatoms. The van der Waals surface area contributed by atoms with Gasteiger partial charge >= 0.3 is 0 Å². The van der Waals surface area contributed by atoms with Gasteiger partial charge in [0.15, 0.2) is 0 Å². The molecule has 4 nitrogen and oxygen atoms in total. The maximum Gasteiger partial charge on any atom is 0.222 e. The Labute approximate surface area is 131 Å². The van der Waals surface area contributed by atoms with Crippen molar-refractivity contribution in [3.05, 3.63) is 35.4 Å². The van der Waals surface area contributed by atoms with Crippen LogP contribution in [0, 0.1) is 0 Å². The van der Waals surface area contributed by atoms with Crippen LogP contribution in [0.25, 0.3) is 0 Å². The van der Waals surface area contributed by atoms with Crippen molar-refractivity contribution in [2.75, 3.05) is 13.7 Å². The number of rotatable bonds is 6. The quantitative estimate of drug-likeness (QED) is 0.819. The van der Waals surface area contributed by atoms with Crippen LogP contribution in [0.4, 0.5) is 0 Å². The van der Waals surface area contributed by atoms with E-state index in [-0.39, 0.29) is 12.0 Å². The lowest BCUT2D eigenvalue weighted by Crippen LogP contribution is -2.27. The van der Waals surface area contributed by atoms with Gasteiger partial charge in [0.2, 0.25) is 5.91 Å². The molecule has 0 saturated carbocycles. The Bertz CT molecular complexity index is 513. The molecule has 1 aliphatic heterocycles. The molecular formula is C16H22N2O2S. The number of benzene rings is 1. The van der Waals surface area contributed by atoms with Crippen LogP contribution in [0.1, 0.15) is 36.8 Å². The highest BCUT2D eigenvalue weighted by Gasteiger charge is 2.18.